The second kappa shape index (κ2) is 12.3. The summed E-state index contributed by atoms with van der Waals surface area (Å²) in [5.41, 5.74) is 5.43. The number of hydrogen-bond acceptors (Lipinski definition) is 2. The van der Waals surface area contributed by atoms with Crippen LogP contribution in [0.3, 0.4) is 0 Å². The molecule has 8 rings (SSSR count). The van der Waals surface area contributed by atoms with Gasteiger partial charge in [0.05, 0.1) is 11.0 Å². The second-order valence-corrected chi connectivity index (χ2v) is 13.6. The lowest BCUT2D eigenvalue weighted by atomic mass is 9.68. The minimum atomic E-state index is -0.468. The van der Waals surface area contributed by atoms with Crippen LogP contribution in [0.1, 0.15) is 24.0 Å². The highest BCUT2D eigenvalue weighted by molar-refractivity contribution is 6.31. The van der Waals surface area contributed by atoms with Crippen LogP contribution in [0.25, 0.3) is 33.2 Å². The molecule has 0 aliphatic carbocycles. The molecule has 2 saturated heterocycles. The molecule has 0 spiro atoms. The first-order valence-electron chi connectivity index (χ1n) is 16.2. The summed E-state index contributed by atoms with van der Waals surface area (Å²) in [7, 11) is 0. The topological polar surface area (TPSA) is 45.4 Å². The third kappa shape index (κ3) is 5.42. The highest BCUT2D eigenvalue weighted by Crippen LogP contribution is 2.49. The molecule has 4 aromatic carbocycles. The molecule has 0 radical (unpaired) electrons. The van der Waals surface area contributed by atoms with Crippen LogP contribution in [0.5, 0.6) is 0 Å². The summed E-state index contributed by atoms with van der Waals surface area (Å²) < 4.78 is 32.3. The van der Waals surface area contributed by atoms with Gasteiger partial charge in [0.1, 0.15) is 11.6 Å². The molecular formula is C38H33Cl2F2N5O. The van der Waals surface area contributed by atoms with Crippen LogP contribution in [-0.4, -0.2) is 64.2 Å². The first-order valence-corrected chi connectivity index (χ1v) is 16.9. The van der Waals surface area contributed by atoms with Crippen molar-refractivity contribution in [3.8, 4) is 11.4 Å². The number of nitrogens with one attached hydrogen (secondary N) is 1. The monoisotopic (exact) mass is 683 g/mol. The van der Waals surface area contributed by atoms with E-state index in [2.05, 4.69) is 31.7 Å². The molecule has 2 fully saturated rings. The van der Waals surface area contributed by atoms with Crippen LogP contribution in [0.2, 0.25) is 10.0 Å². The summed E-state index contributed by atoms with van der Waals surface area (Å²) in [6.45, 7) is 4.49. The molecule has 0 unspecified atom stereocenters. The predicted molar refractivity (Wildman–Crippen MR) is 188 cm³/mol. The SMILES string of the molecule is O=C1NCCN1CCN1CCC(c2cn(-c3ccc(F)cc3)c3ccc(Cl)cc23)(c2cn(-c3ccc(F)cc3)c3ccc(Cl)cc23)CC1. The zero-order valence-corrected chi connectivity index (χ0v) is 27.6. The molecule has 2 aliphatic rings. The average Bonchev–Trinajstić information content (AvgIpc) is 3.80. The lowest BCUT2D eigenvalue weighted by molar-refractivity contribution is 0.161. The maximum Gasteiger partial charge on any atom is 0.317 e. The molecular weight excluding hydrogens is 651 g/mol. The smallest absolute Gasteiger partial charge is 0.317 e. The Morgan fingerprint density at radius 3 is 1.62 bits per heavy atom. The quantitative estimate of drug-likeness (QED) is 0.183. The van der Waals surface area contributed by atoms with Gasteiger partial charge >= 0.3 is 6.03 Å². The van der Waals surface area contributed by atoms with E-state index in [9.17, 15) is 13.6 Å². The molecule has 6 nitrogen and oxygen atoms in total. The molecule has 0 saturated carbocycles. The number of carbonyl (C=O) groups is 1. The highest BCUT2D eigenvalue weighted by atomic mass is 35.5. The first kappa shape index (κ1) is 30.9. The molecule has 4 heterocycles. The molecule has 10 heteroatoms. The number of fused-ring (bicyclic) bond motifs is 2. The number of hydrogen-bond donors (Lipinski definition) is 1. The van der Waals surface area contributed by atoms with Gasteiger partial charge in [-0.05, 0) is 122 Å². The van der Waals surface area contributed by atoms with Crippen LogP contribution < -0.4 is 5.32 Å². The lowest BCUT2D eigenvalue weighted by Crippen LogP contribution is -2.46. The summed E-state index contributed by atoms with van der Waals surface area (Å²) in [6.07, 6.45) is 5.96. The number of carbonyl (C=O) groups excluding carboxylic acids is 1. The Kier molecular flexibility index (Phi) is 7.90. The molecule has 244 valence electrons. The Hall–Kier alpha value is -4.37. The van der Waals surface area contributed by atoms with Crippen molar-refractivity contribution in [3.63, 3.8) is 0 Å². The van der Waals surface area contributed by atoms with Crippen molar-refractivity contribution in [1.29, 1.82) is 0 Å². The minimum absolute atomic E-state index is 0.00248. The van der Waals surface area contributed by atoms with Crippen molar-refractivity contribution in [2.45, 2.75) is 18.3 Å². The number of benzene rings is 4. The summed E-state index contributed by atoms with van der Waals surface area (Å²) >= 11 is 13.4. The zero-order chi connectivity index (χ0) is 33.0. The Bertz CT molecular complexity index is 2020. The van der Waals surface area contributed by atoms with Crippen molar-refractivity contribution in [2.75, 3.05) is 39.3 Å². The zero-order valence-electron chi connectivity index (χ0n) is 26.1. The van der Waals surface area contributed by atoms with E-state index in [0.717, 1.165) is 83.3 Å². The third-order valence-corrected chi connectivity index (χ3v) is 10.6. The van der Waals surface area contributed by atoms with Gasteiger partial charge in [-0.15, -0.1) is 0 Å². The number of amides is 2. The molecule has 1 N–H and O–H groups in total. The van der Waals surface area contributed by atoms with Gasteiger partial charge in [0, 0.05) is 76.2 Å². The maximum absolute atomic E-state index is 14.0. The average molecular weight is 685 g/mol. The lowest BCUT2D eigenvalue weighted by Gasteiger charge is -2.42. The van der Waals surface area contributed by atoms with Crippen LogP contribution in [-0.2, 0) is 5.41 Å². The first-order chi connectivity index (χ1) is 23.3. The number of piperidine rings is 1. The summed E-state index contributed by atoms with van der Waals surface area (Å²) in [5.74, 6) is -0.585. The molecule has 2 amide bonds. The van der Waals surface area contributed by atoms with Gasteiger partial charge in [-0.3, -0.25) is 0 Å². The van der Waals surface area contributed by atoms with Crippen molar-refractivity contribution in [2.24, 2.45) is 0 Å². The van der Waals surface area contributed by atoms with Gasteiger partial charge in [-0.1, -0.05) is 23.2 Å². The van der Waals surface area contributed by atoms with E-state index < -0.39 is 5.41 Å². The van der Waals surface area contributed by atoms with Gasteiger partial charge < -0.3 is 24.3 Å². The predicted octanol–water partition coefficient (Wildman–Crippen LogP) is 8.57. The van der Waals surface area contributed by atoms with E-state index in [1.54, 1.807) is 24.3 Å². The maximum atomic E-state index is 14.0. The van der Waals surface area contributed by atoms with Crippen molar-refractivity contribution < 1.29 is 13.6 Å². The van der Waals surface area contributed by atoms with E-state index >= 15 is 0 Å². The van der Waals surface area contributed by atoms with Crippen LogP contribution in [0.4, 0.5) is 13.6 Å². The van der Waals surface area contributed by atoms with Gasteiger partial charge in [0.15, 0.2) is 0 Å². The largest absolute Gasteiger partial charge is 0.336 e. The summed E-state index contributed by atoms with van der Waals surface area (Å²) in [4.78, 5) is 16.5. The van der Waals surface area contributed by atoms with Gasteiger partial charge in [0.2, 0.25) is 0 Å². The van der Waals surface area contributed by atoms with Gasteiger partial charge in [-0.2, -0.15) is 0 Å². The van der Waals surface area contributed by atoms with Crippen LogP contribution >= 0.6 is 23.2 Å². The van der Waals surface area contributed by atoms with E-state index in [1.165, 1.54) is 24.3 Å². The van der Waals surface area contributed by atoms with E-state index in [-0.39, 0.29) is 17.7 Å². The molecule has 48 heavy (non-hydrogen) atoms. The number of aromatic nitrogens is 2. The third-order valence-electron chi connectivity index (χ3n) is 10.1. The van der Waals surface area contributed by atoms with Gasteiger partial charge in [0.25, 0.3) is 0 Å². The molecule has 6 aromatic rings. The van der Waals surface area contributed by atoms with Crippen LogP contribution in [0.15, 0.2) is 97.3 Å². The number of rotatable bonds is 7. The fourth-order valence-electron chi connectivity index (χ4n) is 7.63. The van der Waals surface area contributed by atoms with Crippen molar-refractivity contribution in [1.82, 2.24) is 24.3 Å². The second-order valence-electron chi connectivity index (χ2n) is 12.7. The van der Waals surface area contributed by atoms with Crippen LogP contribution in [0, 0.1) is 11.6 Å². The van der Waals surface area contributed by atoms with E-state index in [0.29, 0.717) is 23.1 Å². The molecule has 0 atom stereocenters. The number of halogens is 4. The van der Waals surface area contributed by atoms with E-state index in [4.69, 9.17) is 23.2 Å². The van der Waals surface area contributed by atoms with E-state index in [1.807, 2.05) is 41.3 Å². The normalized spacial score (nSPS) is 16.7. The molecule has 2 aromatic heterocycles. The minimum Gasteiger partial charge on any atom is -0.336 e. The Labute approximate surface area is 287 Å². The Morgan fingerprint density at radius 1 is 0.667 bits per heavy atom. The van der Waals surface area contributed by atoms with Crippen molar-refractivity contribution in [3.05, 3.63) is 130 Å². The van der Waals surface area contributed by atoms with Gasteiger partial charge in [-0.25, -0.2) is 13.6 Å². The standard InChI is InChI=1S/C38H33Cl2F2N5O/c39-25-1-11-35-31(21-25)33(23-46(35)29-7-3-27(41)4-8-29)38(13-16-44(17-14-38)19-20-45-18-15-43-37(45)48)34-24-47(30-9-5-28(42)6-10-30)36-12-2-26(40)22-32(34)36/h1-12,21-24H,13-20H2,(H,43,48). The van der Waals surface area contributed by atoms with Crippen molar-refractivity contribution >= 4 is 51.0 Å². The molecule has 2 aliphatic heterocycles. The Morgan fingerprint density at radius 2 is 1.17 bits per heavy atom. The molecule has 0 bridgehead atoms. The highest BCUT2D eigenvalue weighted by Gasteiger charge is 2.42. The fraction of sp³-hybridized carbons (Fsp3) is 0.237. The summed E-state index contributed by atoms with van der Waals surface area (Å²) in [6, 6.07) is 24.9. The fourth-order valence-corrected chi connectivity index (χ4v) is 7.97. The number of nitrogens with zero attached hydrogens (tertiary/aromatic N) is 4. The number of urea groups is 1. The number of likely N-dealkylation sites (tertiary alicyclic amines) is 1. The summed E-state index contributed by atoms with van der Waals surface area (Å²) in [5, 5.41) is 6.21. The Balaban J connectivity index is 1.31.